The molecule has 0 aliphatic heterocycles. The highest BCUT2D eigenvalue weighted by molar-refractivity contribution is 5.85. The number of carbonyl (C=O) groups is 1. The average Bonchev–Trinajstić information content (AvgIpc) is 2.55. The van der Waals surface area contributed by atoms with Gasteiger partial charge in [0.2, 0.25) is 0 Å². The van der Waals surface area contributed by atoms with Crippen LogP contribution in [0, 0.1) is 12.8 Å². The highest BCUT2D eigenvalue weighted by Crippen LogP contribution is 2.35. The third-order valence-corrected chi connectivity index (χ3v) is 3.04. The van der Waals surface area contributed by atoms with Crippen LogP contribution in [0.1, 0.15) is 22.7 Å². The lowest BCUT2D eigenvalue weighted by atomic mass is 10.0. The number of aryl methyl sites for hydroxylation is 1. The summed E-state index contributed by atoms with van der Waals surface area (Å²) in [7, 11) is 1.41. The topological polar surface area (TPSA) is 52.3 Å². The van der Waals surface area contributed by atoms with E-state index in [2.05, 4.69) is 6.07 Å². The molecule has 0 aromatic heterocycles. The largest absolute Gasteiger partial charge is 0.469 e. The Hall–Kier alpha value is -1.06. The van der Waals surface area contributed by atoms with Gasteiger partial charge in [0.25, 0.3) is 0 Å². The molecule has 1 aromatic carbocycles. The van der Waals surface area contributed by atoms with Crippen molar-refractivity contribution in [3.8, 4) is 0 Å². The lowest BCUT2D eigenvalue weighted by Crippen LogP contribution is -2.25. The van der Waals surface area contributed by atoms with E-state index in [1.807, 2.05) is 19.1 Å². The summed E-state index contributed by atoms with van der Waals surface area (Å²) in [6.07, 6.45) is 0.698. The molecule has 0 spiro atoms. The molecule has 0 unspecified atom stereocenters. The number of methoxy groups -OCH3 is 1. The molecule has 1 aliphatic rings. The Bertz CT molecular complexity index is 406. The van der Waals surface area contributed by atoms with Gasteiger partial charge in [0, 0.05) is 6.04 Å². The van der Waals surface area contributed by atoms with Gasteiger partial charge in [-0.2, -0.15) is 0 Å². The van der Waals surface area contributed by atoms with E-state index in [0.29, 0.717) is 6.42 Å². The van der Waals surface area contributed by atoms with E-state index in [-0.39, 0.29) is 30.3 Å². The molecule has 2 rings (SSSR count). The minimum atomic E-state index is -0.216. The van der Waals surface area contributed by atoms with E-state index in [0.717, 1.165) is 5.56 Å². The van der Waals surface area contributed by atoms with Crippen LogP contribution in [0.3, 0.4) is 0 Å². The zero-order valence-electron chi connectivity index (χ0n) is 9.40. The van der Waals surface area contributed by atoms with Gasteiger partial charge in [-0.25, -0.2) is 0 Å². The molecule has 0 radical (unpaired) electrons. The second kappa shape index (κ2) is 4.85. The van der Waals surface area contributed by atoms with Crippen molar-refractivity contribution >= 4 is 18.4 Å². The van der Waals surface area contributed by atoms with Crippen molar-refractivity contribution in [3.63, 3.8) is 0 Å². The number of rotatable bonds is 1. The predicted molar refractivity (Wildman–Crippen MR) is 64.6 cm³/mol. The minimum absolute atomic E-state index is 0. The van der Waals surface area contributed by atoms with Gasteiger partial charge in [0.05, 0.1) is 13.0 Å². The van der Waals surface area contributed by atoms with E-state index in [9.17, 15) is 4.79 Å². The SMILES string of the molecule is COC(=O)[C@@H]1Cc2ccc(C)cc2[C@H]1N.Cl. The molecule has 4 heteroatoms. The van der Waals surface area contributed by atoms with Crippen molar-refractivity contribution in [2.75, 3.05) is 7.11 Å². The minimum Gasteiger partial charge on any atom is -0.469 e. The van der Waals surface area contributed by atoms with Gasteiger partial charge in [-0.05, 0) is 24.5 Å². The van der Waals surface area contributed by atoms with E-state index < -0.39 is 0 Å². The monoisotopic (exact) mass is 241 g/mol. The van der Waals surface area contributed by atoms with Crippen LogP contribution in [0.4, 0.5) is 0 Å². The lowest BCUT2D eigenvalue weighted by Gasteiger charge is -2.13. The summed E-state index contributed by atoms with van der Waals surface area (Å²) in [6, 6.07) is 5.94. The fourth-order valence-electron chi connectivity index (χ4n) is 2.17. The van der Waals surface area contributed by atoms with Crippen LogP contribution in [-0.2, 0) is 16.0 Å². The number of fused-ring (bicyclic) bond motifs is 1. The third-order valence-electron chi connectivity index (χ3n) is 3.04. The molecule has 0 bridgehead atoms. The fourth-order valence-corrected chi connectivity index (χ4v) is 2.17. The molecule has 0 amide bonds. The highest BCUT2D eigenvalue weighted by Gasteiger charge is 2.35. The van der Waals surface area contributed by atoms with E-state index in [4.69, 9.17) is 10.5 Å². The van der Waals surface area contributed by atoms with E-state index in [1.165, 1.54) is 18.2 Å². The molecule has 88 valence electrons. The number of hydrogen-bond acceptors (Lipinski definition) is 3. The van der Waals surface area contributed by atoms with Gasteiger partial charge < -0.3 is 10.5 Å². The highest BCUT2D eigenvalue weighted by atomic mass is 35.5. The third kappa shape index (κ3) is 2.06. The Labute approximate surface area is 101 Å². The molecule has 0 saturated heterocycles. The van der Waals surface area contributed by atoms with Crippen LogP contribution in [0.5, 0.6) is 0 Å². The molecular formula is C12H16ClNO2. The number of hydrogen-bond donors (Lipinski definition) is 1. The normalized spacial score (nSPS) is 22.2. The number of carbonyl (C=O) groups excluding carboxylic acids is 1. The molecule has 1 aliphatic carbocycles. The molecule has 0 saturated carbocycles. The van der Waals surface area contributed by atoms with Gasteiger partial charge in [0.15, 0.2) is 0 Å². The van der Waals surface area contributed by atoms with Gasteiger partial charge >= 0.3 is 5.97 Å². The van der Waals surface area contributed by atoms with Crippen molar-refractivity contribution in [1.82, 2.24) is 0 Å². The van der Waals surface area contributed by atoms with Crippen molar-refractivity contribution in [3.05, 3.63) is 34.9 Å². The van der Waals surface area contributed by atoms with Crippen LogP contribution in [-0.4, -0.2) is 13.1 Å². The zero-order chi connectivity index (χ0) is 11.0. The van der Waals surface area contributed by atoms with Crippen LogP contribution in [0.2, 0.25) is 0 Å². The summed E-state index contributed by atoms with van der Waals surface area (Å²) in [5, 5.41) is 0. The summed E-state index contributed by atoms with van der Waals surface area (Å²) in [4.78, 5) is 11.5. The maximum Gasteiger partial charge on any atom is 0.310 e. The van der Waals surface area contributed by atoms with E-state index in [1.54, 1.807) is 0 Å². The summed E-state index contributed by atoms with van der Waals surface area (Å²) >= 11 is 0. The zero-order valence-corrected chi connectivity index (χ0v) is 10.2. The Balaban J connectivity index is 0.00000128. The number of nitrogens with two attached hydrogens (primary N) is 1. The predicted octanol–water partition coefficient (Wildman–Crippen LogP) is 1.76. The maximum absolute atomic E-state index is 11.5. The maximum atomic E-state index is 11.5. The fraction of sp³-hybridized carbons (Fsp3) is 0.417. The van der Waals surface area contributed by atoms with Crippen molar-refractivity contribution in [1.29, 1.82) is 0 Å². The second-order valence-electron chi connectivity index (χ2n) is 4.06. The Morgan fingerprint density at radius 1 is 1.50 bits per heavy atom. The standard InChI is InChI=1S/C12H15NO2.ClH/c1-7-3-4-8-6-10(12(14)15-2)11(13)9(8)5-7;/h3-5,10-11H,6,13H2,1-2H3;1H/t10-,11-;/m1./s1. The Morgan fingerprint density at radius 2 is 2.19 bits per heavy atom. The van der Waals surface area contributed by atoms with Gasteiger partial charge in [-0.15, -0.1) is 12.4 Å². The first kappa shape index (κ1) is 13.0. The first-order valence-corrected chi connectivity index (χ1v) is 5.06. The van der Waals surface area contributed by atoms with E-state index >= 15 is 0 Å². The molecule has 2 atom stereocenters. The molecule has 1 aromatic rings. The Kier molecular flexibility index (Phi) is 3.94. The molecule has 16 heavy (non-hydrogen) atoms. The van der Waals surface area contributed by atoms with Crippen LogP contribution >= 0.6 is 12.4 Å². The first-order valence-electron chi connectivity index (χ1n) is 5.06. The molecular weight excluding hydrogens is 226 g/mol. The number of esters is 1. The van der Waals surface area contributed by atoms with Crippen LogP contribution < -0.4 is 5.73 Å². The van der Waals surface area contributed by atoms with Gasteiger partial charge in [-0.3, -0.25) is 4.79 Å². The van der Waals surface area contributed by atoms with Gasteiger partial charge in [-0.1, -0.05) is 23.8 Å². The number of ether oxygens (including phenoxy) is 1. The van der Waals surface area contributed by atoms with Crippen LogP contribution in [0.25, 0.3) is 0 Å². The Morgan fingerprint density at radius 3 is 2.81 bits per heavy atom. The number of halogens is 1. The molecule has 0 fully saturated rings. The van der Waals surface area contributed by atoms with Crippen LogP contribution in [0.15, 0.2) is 18.2 Å². The summed E-state index contributed by atoms with van der Waals surface area (Å²) < 4.78 is 4.75. The van der Waals surface area contributed by atoms with Gasteiger partial charge in [0.1, 0.15) is 0 Å². The summed E-state index contributed by atoms with van der Waals surface area (Å²) in [5.74, 6) is -0.428. The van der Waals surface area contributed by atoms with Crippen molar-refractivity contribution in [2.24, 2.45) is 11.7 Å². The smallest absolute Gasteiger partial charge is 0.310 e. The molecule has 3 nitrogen and oxygen atoms in total. The lowest BCUT2D eigenvalue weighted by molar-refractivity contribution is -0.145. The van der Waals surface area contributed by atoms with Crippen molar-refractivity contribution < 1.29 is 9.53 Å². The van der Waals surface area contributed by atoms with Crippen molar-refractivity contribution in [2.45, 2.75) is 19.4 Å². The molecule has 2 N–H and O–H groups in total. The number of benzene rings is 1. The second-order valence-corrected chi connectivity index (χ2v) is 4.06. The molecule has 0 heterocycles. The average molecular weight is 242 g/mol. The summed E-state index contributed by atoms with van der Waals surface area (Å²) in [5.41, 5.74) is 9.47. The quantitative estimate of drug-likeness (QED) is 0.763. The summed E-state index contributed by atoms with van der Waals surface area (Å²) in [6.45, 7) is 2.03. The first-order chi connectivity index (χ1) is 7.13.